The second-order valence-corrected chi connectivity index (χ2v) is 13.2. The van der Waals surface area contributed by atoms with Crippen molar-refractivity contribution in [1.82, 2.24) is 20.9 Å². The third-order valence-electron chi connectivity index (χ3n) is 7.91. The second-order valence-electron chi connectivity index (χ2n) is 13.2. The van der Waals surface area contributed by atoms with Crippen molar-refractivity contribution < 1.29 is 33.5 Å². The van der Waals surface area contributed by atoms with E-state index >= 15 is 0 Å². The first-order chi connectivity index (χ1) is 19.7. The van der Waals surface area contributed by atoms with Crippen LogP contribution in [-0.4, -0.2) is 76.6 Å². The van der Waals surface area contributed by atoms with E-state index in [1.165, 1.54) is 11.0 Å². The molecule has 3 rings (SSSR count). The molecule has 0 unspecified atom stereocenters. The number of nitrogens with one attached hydrogen (secondary N) is 3. The van der Waals surface area contributed by atoms with E-state index in [2.05, 4.69) is 16.0 Å². The molecule has 1 saturated heterocycles. The summed E-state index contributed by atoms with van der Waals surface area (Å²) in [6, 6.07) is -2.91. The Morgan fingerprint density at radius 2 is 1.64 bits per heavy atom. The molecule has 2 saturated carbocycles. The highest BCUT2D eigenvalue weighted by atomic mass is 16.6. The van der Waals surface area contributed by atoms with Gasteiger partial charge in [0, 0.05) is 19.0 Å². The fourth-order valence-corrected chi connectivity index (χ4v) is 5.91. The zero-order valence-corrected chi connectivity index (χ0v) is 25.9. The van der Waals surface area contributed by atoms with Crippen LogP contribution in [0.15, 0.2) is 11.6 Å². The number of hydrogen-bond donors (Lipinski definition) is 3. The normalized spacial score (nSPS) is 22.8. The lowest BCUT2D eigenvalue weighted by Crippen LogP contribution is -2.57. The van der Waals surface area contributed by atoms with Gasteiger partial charge in [-0.1, -0.05) is 25.3 Å². The molecule has 3 aliphatic rings. The molecule has 11 nitrogen and oxygen atoms in total. The van der Waals surface area contributed by atoms with Gasteiger partial charge in [-0.15, -0.1) is 0 Å². The summed E-state index contributed by atoms with van der Waals surface area (Å²) in [5.41, 5.74) is 0.0315. The highest BCUT2D eigenvalue weighted by molar-refractivity contribution is 6.38. The van der Waals surface area contributed by atoms with Crippen LogP contribution in [0, 0.1) is 11.8 Å². The highest BCUT2D eigenvalue weighted by Gasteiger charge is 2.51. The average molecular weight is 589 g/mol. The Kier molecular flexibility index (Phi) is 11.3. The summed E-state index contributed by atoms with van der Waals surface area (Å²) in [7, 11) is 0. The molecule has 0 radical (unpaired) electrons. The van der Waals surface area contributed by atoms with Gasteiger partial charge in [0.1, 0.15) is 17.7 Å². The first kappa shape index (κ1) is 33.3. The maximum absolute atomic E-state index is 14.0. The summed E-state index contributed by atoms with van der Waals surface area (Å²) in [6.45, 7) is 10.9. The van der Waals surface area contributed by atoms with Gasteiger partial charge in [0.2, 0.25) is 17.6 Å². The number of carbonyl (C=O) groups is 6. The van der Waals surface area contributed by atoms with Crippen LogP contribution < -0.4 is 16.0 Å². The van der Waals surface area contributed by atoms with Crippen LogP contribution in [0.3, 0.4) is 0 Å². The Morgan fingerprint density at radius 3 is 2.24 bits per heavy atom. The summed E-state index contributed by atoms with van der Waals surface area (Å²) in [4.78, 5) is 79.9. The standard InChI is InChI=1S/C31H48N4O7/c1-7-9-23(26(37)28(39)32-20-12-13-20)33-27(38)25-22-11-8-10-19(22)17-35(25)29(40)24(15-14-21(36)16-18(2)3)34-30(41)42-31(4,5)6/h16,19-20,22-25H,7-15,17H2,1-6H3,(H,32,39)(H,33,38)(H,34,41)/t19-,22-,23-,24-,25-/m0/s1. The fourth-order valence-electron chi connectivity index (χ4n) is 5.91. The number of fused-ring (bicyclic) bond motifs is 1. The smallest absolute Gasteiger partial charge is 0.408 e. The van der Waals surface area contributed by atoms with E-state index in [9.17, 15) is 28.8 Å². The van der Waals surface area contributed by atoms with Gasteiger partial charge < -0.3 is 25.6 Å². The number of ether oxygens (including phenoxy) is 1. The molecule has 0 aromatic heterocycles. The number of carbonyl (C=O) groups excluding carboxylic acids is 6. The van der Waals surface area contributed by atoms with Gasteiger partial charge in [-0.3, -0.25) is 24.0 Å². The zero-order chi connectivity index (χ0) is 31.2. The van der Waals surface area contributed by atoms with Crippen molar-refractivity contribution in [2.45, 2.75) is 129 Å². The Balaban J connectivity index is 1.81. The van der Waals surface area contributed by atoms with Crippen LogP contribution in [0.25, 0.3) is 0 Å². The number of likely N-dealkylation sites (tertiary alicyclic amines) is 1. The number of ketones is 2. The summed E-state index contributed by atoms with van der Waals surface area (Å²) in [5, 5.41) is 8.13. The number of hydrogen-bond acceptors (Lipinski definition) is 7. The minimum absolute atomic E-state index is 0.0136. The number of Topliss-reactive ketones (excluding diaryl/α,β-unsaturated/α-hetero) is 1. The molecule has 4 amide bonds. The molecule has 1 aliphatic heterocycles. The molecule has 3 fully saturated rings. The van der Waals surface area contributed by atoms with Gasteiger partial charge >= 0.3 is 6.09 Å². The molecule has 2 aliphatic carbocycles. The predicted octanol–water partition coefficient (Wildman–Crippen LogP) is 2.95. The van der Waals surface area contributed by atoms with Crippen LogP contribution in [0.1, 0.15) is 99.3 Å². The van der Waals surface area contributed by atoms with Gasteiger partial charge in [-0.25, -0.2) is 4.79 Å². The van der Waals surface area contributed by atoms with E-state index in [0.717, 1.165) is 37.7 Å². The van der Waals surface area contributed by atoms with Crippen LogP contribution in [0.5, 0.6) is 0 Å². The number of allylic oxidation sites excluding steroid dienone is 2. The number of amides is 4. The Morgan fingerprint density at radius 1 is 0.952 bits per heavy atom. The van der Waals surface area contributed by atoms with Crippen molar-refractivity contribution in [3.05, 3.63) is 11.6 Å². The van der Waals surface area contributed by atoms with Crippen molar-refractivity contribution in [2.75, 3.05) is 6.54 Å². The van der Waals surface area contributed by atoms with E-state index in [-0.39, 0.29) is 36.5 Å². The maximum atomic E-state index is 14.0. The maximum Gasteiger partial charge on any atom is 0.408 e. The van der Waals surface area contributed by atoms with Crippen molar-refractivity contribution >= 4 is 35.4 Å². The van der Waals surface area contributed by atoms with Crippen LogP contribution in [0.2, 0.25) is 0 Å². The molecular weight excluding hydrogens is 540 g/mol. The summed E-state index contributed by atoms with van der Waals surface area (Å²) >= 11 is 0. The van der Waals surface area contributed by atoms with Gasteiger partial charge in [0.15, 0.2) is 5.78 Å². The Hall–Kier alpha value is -3.24. The van der Waals surface area contributed by atoms with E-state index in [4.69, 9.17) is 4.74 Å². The van der Waals surface area contributed by atoms with Crippen LogP contribution in [0.4, 0.5) is 4.79 Å². The predicted molar refractivity (Wildman–Crippen MR) is 156 cm³/mol. The minimum atomic E-state index is -1.08. The number of nitrogens with zero attached hydrogens (tertiary/aromatic N) is 1. The largest absolute Gasteiger partial charge is 0.444 e. The molecule has 11 heteroatoms. The first-order valence-electron chi connectivity index (χ1n) is 15.3. The summed E-state index contributed by atoms with van der Waals surface area (Å²) < 4.78 is 5.39. The second kappa shape index (κ2) is 14.3. The third kappa shape index (κ3) is 9.39. The molecule has 1 heterocycles. The van der Waals surface area contributed by atoms with E-state index in [1.807, 2.05) is 6.92 Å². The van der Waals surface area contributed by atoms with E-state index < -0.39 is 53.3 Å². The van der Waals surface area contributed by atoms with E-state index in [1.54, 1.807) is 34.6 Å². The molecule has 3 N–H and O–H groups in total. The zero-order valence-electron chi connectivity index (χ0n) is 25.9. The average Bonchev–Trinajstić information content (AvgIpc) is 3.44. The molecule has 0 aromatic carbocycles. The van der Waals surface area contributed by atoms with Gasteiger partial charge in [-0.05, 0) is 91.1 Å². The fraction of sp³-hybridized carbons (Fsp3) is 0.742. The third-order valence-corrected chi connectivity index (χ3v) is 7.91. The van der Waals surface area contributed by atoms with E-state index in [0.29, 0.717) is 19.4 Å². The van der Waals surface area contributed by atoms with Gasteiger partial charge in [0.25, 0.3) is 5.91 Å². The Bertz CT molecular complexity index is 1090. The first-order valence-corrected chi connectivity index (χ1v) is 15.3. The summed E-state index contributed by atoms with van der Waals surface area (Å²) in [5.74, 6) is -2.48. The quantitative estimate of drug-likeness (QED) is 0.221. The topological polar surface area (TPSA) is 151 Å². The van der Waals surface area contributed by atoms with Crippen molar-refractivity contribution in [2.24, 2.45) is 11.8 Å². The number of alkyl carbamates (subject to hydrolysis) is 1. The lowest BCUT2D eigenvalue weighted by molar-refractivity contribution is -0.143. The lowest BCUT2D eigenvalue weighted by atomic mass is 9.92. The van der Waals surface area contributed by atoms with Crippen molar-refractivity contribution in [1.29, 1.82) is 0 Å². The molecule has 234 valence electrons. The van der Waals surface area contributed by atoms with Gasteiger partial charge in [0.05, 0.1) is 6.04 Å². The summed E-state index contributed by atoms with van der Waals surface area (Å²) in [6.07, 6.45) is 5.88. The monoisotopic (exact) mass is 588 g/mol. The van der Waals surface area contributed by atoms with Gasteiger partial charge in [-0.2, -0.15) is 0 Å². The Labute approximate surface area is 248 Å². The van der Waals surface area contributed by atoms with Crippen molar-refractivity contribution in [3.63, 3.8) is 0 Å². The number of rotatable bonds is 13. The molecule has 0 aromatic rings. The molecular formula is C31H48N4O7. The molecule has 0 spiro atoms. The molecule has 42 heavy (non-hydrogen) atoms. The lowest BCUT2D eigenvalue weighted by Gasteiger charge is -2.32. The van der Waals surface area contributed by atoms with Crippen LogP contribution >= 0.6 is 0 Å². The molecule has 0 bridgehead atoms. The SMILES string of the molecule is CCC[C@H](NC(=O)[C@@H]1[C@H]2CCC[C@H]2CN1C(=O)[C@H](CCC(=O)C=C(C)C)NC(=O)OC(C)(C)C)C(=O)C(=O)NC1CC1. The van der Waals surface area contributed by atoms with Crippen molar-refractivity contribution in [3.8, 4) is 0 Å². The van der Waals surface area contributed by atoms with Crippen LogP contribution in [-0.2, 0) is 28.7 Å². The minimum Gasteiger partial charge on any atom is -0.444 e. The molecule has 5 atom stereocenters. The highest BCUT2D eigenvalue weighted by Crippen LogP contribution is 2.42.